The van der Waals surface area contributed by atoms with Crippen molar-refractivity contribution in [2.24, 2.45) is 5.41 Å². The fourth-order valence-corrected chi connectivity index (χ4v) is 5.90. The van der Waals surface area contributed by atoms with E-state index in [0.717, 1.165) is 122 Å². The van der Waals surface area contributed by atoms with Gasteiger partial charge in [0.15, 0.2) is 0 Å². The molecule has 0 spiro atoms. The molecule has 0 N–H and O–H groups in total. The smallest absolute Gasteiger partial charge is 0.307 e. The summed E-state index contributed by atoms with van der Waals surface area (Å²) in [5.41, 5.74) is -1.22. The van der Waals surface area contributed by atoms with Crippen molar-refractivity contribution >= 4 is 23.9 Å². The Labute approximate surface area is 337 Å². The number of ether oxygens (including phenoxy) is 4. The summed E-state index contributed by atoms with van der Waals surface area (Å²) in [5.74, 6) is -1.53. The highest BCUT2D eigenvalue weighted by Crippen LogP contribution is 2.23. The number of unbranched alkanes of at least 4 members (excludes halogenated alkanes) is 18. The Hall–Kier alpha value is -2.68. The van der Waals surface area contributed by atoms with Crippen LogP contribution < -0.4 is 0 Å². The monoisotopic (exact) mass is 778 g/mol. The van der Waals surface area contributed by atoms with Crippen molar-refractivity contribution in [3.63, 3.8) is 0 Å². The van der Waals surface area contributed by atoms with Gasteiger partial charge in [0, 0.05) is 25.8 Å². The van der Waals surface area contributed by atoms with E-state index in [1.807, 2.05) is 19.0 Å². The number of allylic oxidation sites excluding steroid dienone is 4. The molecule has 0 atom stereocenters. The van der Waals surface area contributed by atoms with Gasteiger partial charge in [-0.05, 0) is 71.9 Å². The third kappa shape index (κ3) is 35.5. The summed E-state index contributed by atoms with van der Waals surface area (Å²) < 4.78 is 22.9. The second kappa shape index (κ2) is 38.2. The maximum absolute atomic E-state index is 12.9. The van der Waals surface area contributed by atoms with Crippen LogP contribution in [-0.2, 0) is 38.1 Å². The molecule has 0 unspecified atom stereocenters. The van der Waals surface area contributed by atoms with Gasteiger partial charge in [0.25, 0.3) is 0 Å². The van der Waals surface area contributed by atoms with Gasteiger partial charge in [0.1, 0.15) is 31.8 Å². The van der Waals surface area contributed by atoms with Crippen molar-refractivity contribution in [3.8, 4) is 0 Å². The number of rotatable bonds is 39. The summed E-state index contributed by atoms with van der Waals surface area (Å²) in [6, 6.07) is 0. The largest absolute Gasteiger partial charge is 0.465 e. The summed E-state index contributed by atoms with van der Waals surface area (Å²) in [6.45, 7) is 6.28. The van der Waals surface area contributed by atoms with Gasteiger partial charge in [-0.3, -0.25) is 19.2 Å². The van der Waals surface area contributed by atoms with E-state index in [1.54, 1.807) is 0 Å². The first-order valence-corrected chi connectivity index (χ1v) is 22.2. The third-order valence-corrected chi connectivity index (χ3v) is 9.69. The molecule has 0 fully saturated rings. The minimum atomic E-state index is -1.22. The molecule has 55 heavy (non-hydrogen) atoms. The van der Waals surface area contributed by atoms with Gasteiger partial charge in [-0.15, -0.1) is 0 Å². The van der Waals surface area contributed by atoms with Gasteiger partial charge >= 0.3 is 23.9 Å². The molecular weight excluding hydrogens is 695 g/mol. The van der Waals surface area contributed by atoms with E-state index < -0.39 is 11.4 Å². The first kappa shape index (κ1) is 52.3. The molecule has 0 rings (SSSR count). The van der Waals surface area contributed by atoms with E-state index in [-0.39, 0.29) is 70.0 Å². The second-order valence-corrected chi connectivity index (χ2v) is 15.7. The summed E-state index contributed by atoms with van der Waals surface area (Å²) in [7, 11) is 3.75. The van der Waals surface area contributed by atoms with Crippen molar-refractivity contribution in [3.05, 3.63) is 24.3 Å². The Kier molecular flexibility index (Phi) is 36.3. The van der Waals surface area contributed by atoms with E-state index in [1.165, 1.54) is 25.7 Å². The van der Waals surface area contributed by atoms with Crippen LogP contribution in [0.1, 0.15) is 194 Å². The lowest BCUT2D eigenvalue weighted by Gasteiger charge is -2.31. The summed E-state index contributed by atoms with van der Waals surface area (Å²) in [5, 5.41) is 0. The highest BCUT2D eigenvalue weighted by Gasteiger charge is 2.38. The molecule has 0 heterocycles. The molecule has 0 amide bonds. The second-order valence-electron chi connectivity index (χ2n) is 15.7. The Balaban J connectivity index is 5.29. The topological polar surface area (TPSA) is 108 Å². The Bertz CT molecular complexity index is 960. The first-order valence-electron chi connectivity index (χ1n) is 22.2. The lowest BCUT2D eigenvalue weighted by Crippen LogP contribution is -2.44. The van der Waals surface area contributed by atoms with Crippen LogP contribution in [0.2, 0.25) is 0 Å². The lowest BCUT2D eigenvalue weighted by atomic mass is 9.92. The molecule has 0 bridgehead atoms. The van der Waals surface area contributed by atoms with Crippen molar-refractivity contribution in [1.82, 2.24) is 4.90 Å². The maximum atomic E-state index is 12.9. The third-order valence-electron chi connectivity index (χ3n) is 9.69. The normalized spacial score (nSPS) is 11.8. The fourth-order valence-electron chi connectivity index (χ4n) is 5.90. The highest BCUT2D eigenvalue weighted by molar-refractivity contribution is 5.71. The van der Waals surface area contributed by atoms with Crippen molar-refractivity contribution in [2.75, 3.05) is 47.1 Å². The number of hydrogen-bond donors (Lipinski definition) is 0. The van der Waals surface area contributed by atoms with E-state index in [0.29, 0.717) is 6.54 Å². The van der Waals surface area contributed by atoms with Gasteiger partial charge in [-0.1, -0.05) is 135 Å². The molecule has 9 heteroatoms. The average Bonchev–Trinajstić information content (AvgIpc) is 3.17. The fraction of sp³-hybridized carbons (Fsp3) is 0.826. The molecule has 0 aliphatic heterocycles. The summed E-state index contributed by atoms with van der Waals surface area (Å²) >= 11 is 0. The van der Waals surface area contributed by atoms with E-state index in [9.17, 15) is 19.2 Å². The van der Waals surface area contributed by atoms with Crippen molar-refractivity contribution in [2.45, 2.75) is 194 Å². The van der Waals surface area contributed by atoms with Crippen molar-refractivity contribution in [1.29, 1.82) is 0 Å². The van der Waals surface area contributed by atoms with Gasteiger partial charge < -0.3 is 23.8 Å². The number of esters is 4. The molecule has 0 aliphatic rings. The molecule has 0 radical (unpaired) electrons. The van der Waals surface area contributed by atoms with Crippen LogP contribution in [0.15, 0.2) is 24.3 Å². The van der Waals surface area contributed by atoms with Crippen LogP contribution in [0.25, 0.3) is 0 Å². The average molecular weight is 778 g/mol. The Morgan fingerprint density at radius 1 is 0.400 bits per heavy atom. The molecule has 0 aromatic rings. The van der Waals surface area contributed by atoms with E-state index in [4.69, 9.17) is 18.9 Å². The number of hydrogen-bond acceptors (Lipinski definition) is 9. The molecule has 0 saturated heterocycles. The van der Waals surface area contributed by atoms with Gasteiger partial charge in [-0.2, -0.15) is 0 Å². The van der Waals surface area contributed by atoms with Crippen LogP contribution in [0.4, 0.5) is 0 Å². The van der Waals surface area contributed by atoms with Crippen LogP contribution in [0.3, 0.4) is 0 Å². The first-order chi connectivity index (χ1) is 26.7. The van der Waals surface area contributed by atoms with Gasteiger partial charge in [0.2, 0.25) is 0 Å². The highest BCUT2D eigenvalue weighted by atomic mass is 16.6. The molecule has 0 aromatic carbocycles. The van der Waals surface area contributed by atoms with Crippen molar-refractivity contribution < 1.29 is 38.1 Å². The molecule has 0 aromatic heterocycles. The van der Waals surface area contributed by atoms with Crippen LogP contribution in [0.5, 0.6) is 0 Å². The molecule has 0 saturated carbocycles. The standard InChI is InChI=1S/C46H83NO8/c1-6-9-12-15-17-19-21-23-25-28-31-34-43(49)53-39-46(41-55-45(51)36-37-47(4)5,38-52-42(48)33-30-27-14-11-8-3)40-54-44(50)35-32-29-26-24-22-20-18-16-13-10-7-2/h15-18H,6-14,19-41H2,1-5H3/b17-15-,18-16-. The van der Waals surface area contributed by atoms with Crippen LogP contribution in [0, 0.1) is 5.41 Å². The van der Waals surface area contributed by atoms with Gasteiger partial charge in [-0.25, -0.2) is 0 Å². The maximum Gasteiger partial charge on any atom is 0.307 e. The molecule has 0 aliphatic carbocycles. The zero-order valence-electron chi connectivity index (χ0n) is 36.2. The predicted molar refractivity (Wildman–Crippen MR) is 225 cm³/mol. The lowest BCUT2D eigenvalue weighted by molar-refractivity contribution is -0.170. The quantitative estimate of drug-likeness (QED) is 0.0261. The van der Waals surface area contributed by atoms with Crippen LogP contribution in [-0.4, -0.2) is 75.8 Å². The predicted octanol–water partition coefficient (Wildman–Crippen LogP) is 11.4. The van der Waals surface area contributed by atoms with Gasteiger partial charge in [0.05, 0.1) is 6.42 Å². The molecule has 9 nitrogen and oxygen atoms in total. The number of carbonyl (C=O) groups is 4. The Morgan fingerprint density at radius 2 is 0.691 bits per heavy atom. The van der Waals surface area contributed by atoms with Crippen LogP contribution >= 0.6 is 0 Å². The summed E-state index contributed by atoms with van der Waals surface area (Å²) in [6.07, 6.45) is 34.4. The minimum absolute atomic E-state index is 0.171. The molecular formula is C46H83NO8. The zero-order chi connectivity index (χ0) is 40.7. The SMILES string of the molecule is CCCC/C=C\CCCCCCCC(=O)OCC(COC(=O)CCCCCCC)(COC(=O)CCCCCCC/C=C\CCCC)COC(=O)CCN(C)C. The van der Waals surface area contributed by atoms with E-state index >= 15 is 0 Å². The molecule has 320 valence electrons. The number of carbonyl (C=O) groups excluding carboxylic acids is 4. The number of nitrogens with zero attached hydrogens (tertiary/aromatic N) is 1. The zero-order valence-corrected chi connectivity index (χ0v) is 36.2. The minimum Gasteiger partial charge on any atom is -0.465 e. The Morgan fingerprint density at radius 3 is 1.04 bits per heavy atom. The summed E-state index contributed by atoms with van der Waals surface area (Å²) in [4.78, 5) is 53.3. The van der Waals surface area contributed by atoms with E-state index in [2.05, 4.69) is 45.1 Å².